The number of nitrogens with zero attached hydrogens (tertiary/aromatic N) is 1. The zero-order chi connectivity index (χ0) is 14.4. The van der Waals surface area contributed by atoms with E-state index >= 15 is 0 Å². The van der Waals surface area contributed by atoms with Gasteiger partial charge < -0.3 is 5.32 Å². The molecule has 0 unspecified atom stereocenters. The molecular formula is C12H21N5O2. The number of H-pyrrole nitrogens is 1. The molecule has 0 aliphatic heterocycles. The van der Waals surface area contributed by atoms with Crippen LogP contribution in [0.25, 0.3) is 0 Å². The largest absolute Gasteiger partial charge is 0.336 e. The van der Waals surface area contributed by atoms with Gasteiger partial charge in [-0.2, -0.15) is 5.10 Å². The van der Waals surface area contributed by atoms with Crippen molar-refractivity contribution >= 4 is 11.9 Å². The van der Waals surface area contributed by atoms with Gasteiger partial charge in [0.1, 0.15) is 0 Å². The molecule has 0 bridgehead atoms. The second-order valence-corrected chi connectivity index (χ2v) is 4.76. The summed E-state index contributed by atoms with van der Waals surface area (Å²) in [7, 11) is 0. The van der Waals surface area contributed by atoms with Gasteiger partial charge in [-0.3, -0.25) is 20.5 Å². The summed E-state index contributed by atoms with van der Waals surface area (Å²) in [5, 5.41) is 14.5. The van der Waals surface area contributed by atoms with Crippen molar-refractivity contribution in [3.8, 4) is 0 Å². The third kappa shape index (κ3) is 5.09. The summed E-state index contributed by atoms with van der Waals surface area (Å²) in [5.74, 6) is -0.367. The number of aromatic nitrogens is 2. The van der Waals surface area contributed by atoms with Crippen LogP contribution in [0.15, 0.2) is 12.4 Å². The fraction of sp³-hybridized carbons (Fsp3) is 0.583. The Kier molecular flexibility index (Phi) is 5.50. The third-order valence-electron chi connectivity index (χ3n) is 2.57. The molecule has 0 spiro atoms. The van der Waals surface area contributed by atoms with Crippen molar-refractivity contribution in [3.63, 3.8) is 0 Å². The molecule has 106 valence electrons. The lowest BCUT2D eigenvalue weighted by Gasteiger charge is -2.18. The summed E-state index contributed by atoms with van der Waals surface area (Å²) < 4.78 is 0. The van der Waals surface area contributed by atoms with Crippen molar-refractivity contribution in [2.45, 2.75) is 45.8 Å². The maximum absolute atomic E-state index is 11.8. The lowest BCUT2D eigenvalue weighted by molar-refractivity contribution is -0.121. The Morgan fingerprint density at radius 2 is 1.95 bits per heavy atom. The SMILES string of the molecule is CC(C)NC(=O)NC(=O)[C@@H](C)N[C@H](C)c1cn[nH]c1. The van der Waals surface area contributed by atoms with E-state index in [0.717, 1.165) is 5.56 Å². The van der Waals surface area contributed by atoms with Crippen molar-refractivity contribution in [1.82, 2.24) is 26.1 Å². The molecule has 4 N–H and O–H groups in total. The number of rotatable bonds is 5. The van der Waals surface area contributed by atoms with Crippen LogP contribution in [0.1, 0.15) is 39.3 Å². The zero-order valence-electron chi connectivity index (χ0n) is 11.7. The molecule has 7 heteroatoms. The normalized spacial score (nSPS) is 13.9. The molecule has 0 saturated heterocycles. The van der Waals surface area contributed by atoms with Crippen LogP contribution in [0.3, 0.4) is 0 Å². The van der Waals surface area contributed by atoms with E-state index in [1.54, 1.807) is 19.3 Å². The molecule has 0 radical (unpaired) electrons. The van der Waals surface area contributed by atoms with Gasteiger partial charge in [-0.25, -0.2) is 4.79 Å². The van der Waals surface area contributed by atoms with Crippen LogP contribution in [0.4, 0.5) is 4.79 Å². The molecule has 1 heterocycles. The molecule has 1 aromatic rings. The van der Waals surface area contributed by atoms with Crippen molar-refractivity contribution in [2.75, 3.05) is 0 Å². The maximum Gasteiger partial charge on any atom is 0.321 e. The van der Waals surface area contributed by atoms with E-state index in [9.17, 15) is 9.59 Å². The molecule has 0 aliphatic carbocycles. The van der Waals surface area contributed by atoms with Gasteiger partial charge in [0.25, 0.3) is 0 Å². The Labute approximate surface area is 112 Å². The van der Waals surface area contributed by atoms with Crippen molar-refractivity contribution in [1.29, 1.82) is 0 Å². The Balaban J connectivity index is 2.42. The Bertz CT molecular complexity index is 416. The van der Waals surface area contributed by atoms with Crippen LogP contribution in [0.5, 0.6) is 0 Å². The monoisotopic (exact) mass is 267 g/mol. The van der Waals surface area contributed by atoms with Crippen LogP contribution in [0.2, 0.25) is 0 Å². The second kappa shape index (κ2) is 6.89. The van der Waals surface area contributed by atoms with Crippen LogP contribution >= 0.6 is 0 Å². The van der Waals surface area contributed by atoms with Crippen molar-refractivity contribution in [2.24, 2.45) is 0 Å². The smallest absolute Gasteiger partial charge is 0.321 e. The van der Waals surface area contributed by atoms with Gasteiger partial charge in [-0.1, -0.05) is 0 Å². The first-order valence-electron chi connectivity index (χ1n) is 6.26. The number of carbonyl (C=O) groups excluding carboxylic acids is 2. The van der Waals surface area contributed by atoms with E-state index in [-0.39, 0.29) is 18.0 Å². The summed E-state index contributed by atoms with van der Waals surface area (Å²) >= 11 is 0. The van der Waals surface area contributed by atoms with E-state index in [2.05, 4.69) is 26.1 Å². The highest BCUT2D eigenvalue weighted by Gasteiger charge is 2.18. The predicted octanol–water partition coefficient (Wildman–Crippen LogP) is 0.683. The number of amides is 3. The lowest BCUT2D eigenvalue weighted by atomic mass is 10.1. The quantitative estimate of drug-likeness (QED) is 0.630. The molecule has 0 fully saturated rings. The summed E-state index contributed by atoms with van der Waals surface area (Å²) in [6.07, 6.45) is 3.45. The fourth-order valence-electron chi connectivity index (χ4n) is 1.56. The molecule has 3 amide bonds. The number of urea groups is 1. The van der Waals surface area contributed by atoms with Crippen LogP contribution in [-0.4, -0.2) is 34.2 Å². The minimum atomic E-state index is -0.484. The molecule has 0 aromatic carbocycles. The summed E-state index contributed by atoms with van der Waals surface area (Å²) in [4.78, 5) is 23.2. The highest BCUT2D eigenvalue weighted by molar-refractivity contribution is 5.96. The number of hydrogen-bond donors (Lipinski definition) is 4. The van der Waals surface area contributed by atoms with E-state index in [1.807, 2.05) is 20.8 Å². The number of carbonyl (C=O) groups is 2. The van der Waals surface area contributed by atoms with Crippen LogP contribution in [-0.2, 0) is 4.79 Å². The number of aromatic amines is 1. The molecule has 2 atom stereocenters. The zero-order valence-corrected chi connectivity index (χ0v) is 11.7. The first-order valence-corrected chi connectivity index (χ1v) is 6.26. The lowest BCUT2D eigenvalue weighted by Crippen LogP contribution is -2.49. The van der Waals surface area contributed by atoms with Gasteiger partial charge in [0, 0.05) is 23.8 Å². The van der Waals surface area contributed by atoms with E-state index in [0.29, 0.717) is 0 Å². The summed E-state index contributed by atoms with van der Waals surface area (Å²) in [6, 6.07) is -1.01. The fourth-order valence-corrected chi connectivity index (χ4v) is 1.56. The predicted molar refractivity (Wildman–Crippen MR) is 71.4 cm³/mol. The van der Waals surface area contributed by atoms with Crippen molar-refractivity contribution < 1.29 is 9.59 Å². The van der Waals surface area contributed by atoms with Crippen LogP contribution in [0, 0.1) is 0 Å². The number of imide groups is 1. The molecule has 0 aliphatic rings. The average Bonchev–Trinajstić information content (AvgIpc) is 2.80. The minimum Gasteiger partial charge on any atom is -0.336 e. The number of nitrogens with one attached hydrogen (secondary N) is 4. The van der Waals surface area contributed by atoms with E-state index in [1.165, 1.54) is 0 Å². The highest BCUT2D eigenvalue weighted by Crippen LogP contribution is 2.09. The molecular weight excluding hydrogens is 246 g/mol. The van der Waals surface area contributed by atoms with Gasteiger partial charge in [0.2, 0.25) is 5.91 Å². The Morgan fingerprint density at radius 3 is 2.47 bits per heavy atom. The van der Waals surface area contributed by atoms with Crippen LogP contribution < -0.4 is 16.0 Å². The molecule has 1 aromatic heterocycles. The molecule has 7 nitrogen and oxygen atoms in total. The highest BCUT2D eigenvalue weighted by atomic mass is 16.2. The summed E-state index contributed by atoms with van der Waals surface area (Å²) in [6.45, 7) is 7.27. The Morgan fingerprint density at radius 1 is 1.26 bits per heavy atom. The van der Waals surface area contributed by atoms with Gasteiger partial charge >= 0.3 is 6.03 Å². The Hall–Kier alpha value is -1.89. The van der Waals surface area contributed by atoms with Crippen molar-refractivity contribution in [3.05, 3.63) is 18.0 Å². The molecule has 19 heavy (non-hydrogen) atoms. The standard InChI is InChI=1S/C12H21N5O2/c1-7(2)15-12(19)17-11(18)9(4)16-8(3)10-5-13-14-6-10/h5-9,16H,1-4H3,(H,13,14)(H2,15,17,18,19)/t8-,9-/m1/s1. The minimum absolute atomic E-state index is 0.0130. The summed E-state index contributed by atoms with van der Waals surface area (Å²) in [5.41, 5.74) is 0.950. The van der Waals surface area contributed by atoms with Gasteiger partial charge in [0.05, 0.1) is 12.2 Å². The maximum atomic E-state index is 11.8. The van der Waals surface area contributed by atoms with E-state index < -0.39 is 12.1 Å². The molecule has 1 rings (SSSR count). The first-order chi connectivity index (χ1) is 8.90. The van der Waals surface area contributed by atoms with Gasteiger partial charge in [-0.15, -0.1) is 0 Å². The topological polar surface area (TPSA) is 98.9 Å². The molecule has 0 saturated carbocycles. The number of hydrogen-bond acceptors (Lipinski definition) is 4. The second-order valence-electron chi connectivity index (χ2n) is 4.76. The third-order valence-corrected chi connectivity index (χ3v) is 2.57. The average molecular weight is 267 g/mol. The van der Waals surface area contributed by atoms with Gasteiger partial charge in [-0.05, 0) is 27.7 Å². The first kappa shape index (κ1) is 15.2. The van der Waals surface area contributed by atoms with Gasteiger partial charge in [0.15, 0.2) is 0 Å². The van der Waals surface area contributed by atoms with E-state index in [4.69, 9.17) is 0 Å².